The lowest BCUT2D eigenvalue weighted by Gasteiger charge is -2.19. The van der Waals surface area contributed by atoms with Gasteiger partial charge in [-0.1, -0.05) is 6.07 Å². The molecule has 1 heterocycles. The Morgan fingerprint density at radius 2 is 2.26 bits per heavy atom. The predicted molar refractivity (Wildman–Crippen MR) is 80.4 cm³/mol. The van der Waals surface area contributed by atoms with Crippen molar-refractivity contribution in [2.45, 2.75) is 18.2 Å². The smallest absolute Gasteiger partial charge is 0.232 e. The summed E-state index contributed by atoms with van der Waals surface area (Å²) in [5.41, 5.74) is 7.86. The highest BCUT2D eigenvalue weighted by atomic mass is 32.2. The molecule has 0 saturated carbocycles. The van der Waals surface area contributed by atoms with Gasteiger partial charge in [0.1, 0.15) is 0 Å². The third-order valence-electron chi connectivity index (χ3n) is 3.21. The minimum Gasteiger partial charge on any atom is -0.398 e. The fourth-order valence-corrected chi connectivity index (χ4v) is 2.98. The number of thioether (sulfide) groups is 1. The van der Waals surface area contributed by atoms with E-state index in [-0.39, 0.29) is 5.91 Å². The maximum Gasteiger partial charge on any atom is 0.232 e. The molecule has 2 rings (SSSR count). The highest BCUT2D eigenvalue weighted by molar-refractivity contribution is 8.00. The molecule has 0 bridgehead atoms. The summed E-state index contributed by atoms with van der Waals surface area (Å²) in [6, 6.07) is 5.97. The first kappa shape index (κ1) is 14.2. The van der Waals surface area contributed by atoms with Crippen LogP contribution in [0, 0.1) is 6.92 Å². The van der Waals surface area contributed by atoms with Crippen LogP contribution in [0.4, 0.5) is 5.69 Å². The number of aryl methyl sites for hydroxylation is 1. The Morgan fingerprint density at radius 1 is 1.42 bits per heavy atom. The Balaban J connectivity index is 1.88. The van der Waals surface area contributed by atoms with Gasteiger partial charge in [0.15, 0.2) is 0 Å². The normalized spacial score (nSPS) is 16.2. The van der Waals surface area contributed by atoms with Crippen LogP contribution in [-0.2, 0) is 4.79 Å². The number of rotatable bonds is 3. The number of carbonyl (C=O) groups excluding carboxylic acids is 1. The maximum absolute atomic E-state index is 12.1. The van der Waals surface area contributed by atoms with Gasteiger partial charge in [0.05, 0.1) is 5.75 Å². The van der Waals surface area contributed by atoms with Crippen molar-refractivity contribution in [3.05, 3.63) is 23.8 Å². The number of carbonyl (C=O) groups is 1. The van der Waals surface area contributed by atoms with E-state index in [2.05, 4.69) is 5.32 Å². The number of nitrogens with two attached hydrogens (primary N) is 1. The zero-order valence-corrected chi connectivity index (χ0v) is 12.1. The van der Waals surface area contributed by atoms with E-state index in [1.807, 2.05) is 30.0 Å². The summed E-state index contributed by atoms with van der Waals surface area (Å²) in [6.07, 6.45) is 1.03. The molecule has 0 spiro atoms. The molecule has 0 unspecified atom stereocenters. The Hall–Kier alpha value is -1.20. The van der Waals surface area contributed by atoms with Crippen LogP contribution in [0.5, 0.6) is 0 Å². The summed E-state index contributed by atoms with van der Waals surface area (Å²) in [5, 5.41) is 3.30. The Kier molecular flexibility index (Phi) is 5.10. The van der Waals surface area contributed by atoms with Crippen molar-refractivity contribution in [3.63, 3.8) is 0 Å². The molecule has 5 heteroatoms. The van der Waals surface area contributed by atoms with E-state index in [1.54, 1.807) is 0 Å². The molecule has 104 valence electrons. The molecule has 19 heavy (non-hydrogen) atoms. The molecule has 1 aliphatic heterocycles. The van der Waals surface area contributed by atoms with Gasteiger partial charge < -0.3 is 16.0 Å². The molecular formula is C14H21N3OS. The van der Waals surface area contributed by atoms with Gasteiger partial charge in [0.2, 0.25) is 5.91 Å². The van der Waals surface area contributed by atoms with Crippen LogP contribution >= 0.6 is 11.8 Å². The fraction of sp³-hybridized carbons (Fsp3) is 0.500. The number of anilines is 1. The number of benzene rings is 1. The highest BCUT2D eigenvalue weighted by Gasteiger charge is 2.15. The van der Waals surface area contributed by atoms with Gasteiger partial charge in [-0.25, -0.2) is 0 Å². The van der Waals surface area contributed by atoms with Crippen molar-refractivity contribution >= 4 is 23.4 Å². The van der Waals surface area contributed by atoms with Crippen LogP contribution in [0.3, 0.4) is 0 Å². The zero-order valence-electron chi connectivity index (χ0n) is 11.3. The zero-order chi connectivity index (χ0) is 13.7. The molecule has 0 radical (unpaired) electrons. The minimum atomic E-state index is 0.202. The number of hydrogen-bond acceptors (Lipinski definition) is 4. The SMILES string of the molecule is Cc1ccc(SCC(=O)N2CCCNCC2)c(N)c1. The lowest BCUT2D eigenvalue weighted by atomic mass is 10.2. The van der Waals surface area contributed by atoms with E-state index in [1.165, 1.54) is 11.8 Å². The van der Waals surface area contributed by atoms with Crippen molar-refractivity contribution in [3.8, 4) is 0 Å². The minimum absolute atomic E-state index is 0.202. The molecule has 0 aromatic heterocycles. The third-order valence-corrected chi connectivity index (χ3v) is 4.28. The topological polar surface area (TPSA) is 58.4 Å². The van der Waals surface area contributed by atoms with Gasteiger partial charge in [0, 0.05) is 30.2 Å². The van der Waals surface area contributed by atoms with Crippen LogP contribution in [0.1, 0.15) is 12.0 Å². The first-order chi connectivity index (χ1) is 9.16. The number of hydrogen-bond donors (Lipinski definition) is 2. The number of nitrogen functional groups attached to an aromatic ring is 1. The molecule has 1 amide bonds. The Morgan fingerprint density at radius 3 is 3.05 bits per heavy atom. The quantitative estimate of drug-likeness (QED) is 0.650. The molecule has 1 saturated heterocycles. The second kappa shape index (κ2) is 6.82. The van der Waals surface area contributed by atoms with Gasteiger partial charge in [-0.2, -0.15) is 0 Å². The summed E-state index contributed by atoms with van der Waals surface area (Å²) in [7, 11) is 0. The van der Waals surface area contributed by atoms with Crippen LogP contribution in [-0.4, -0.2) is 42.7 Å². The average Bonchev–Trinajstić information content (AvgIpc) is 2.66. The second-order valence-corrected chi connectivity index (χ2v) is 5.83. The fourth-order valence-electron chi connectivity index (χ4n) is 2.13. The maximum atomic E-state index is 12.1. The Bertz CT molecular complexity index is 442. The number of nitrogens with zero attached hydrogens (tertiary/aromatic N) is 1. The second-order valence-electron chi connectivity index (χ2n) is 4.81. The average molecular weight is 279 g/mol. The number of amides is 1. The van der Waals surface area contributed by atoms with E-state index in [0.29, 0.717) is 5.75 Å². The van der Waals surface area contributed by atoms with Crippen LogP contribution in [0.15, 0.2) is 23.1 Å². The largest absolute Gasteiger partial charge is 0.398 e. The summed E-state index contributed by atoms with van der Waals surface area (Å²) in [4.78, 5) is 15.1. The van der Waals surface area contributed by atoms with Gasteiger partial charge >= 0.3 is 0 Å². The summed E-state index contributed by atoms with van der Waals surface area (Å²) < 4.78 is 0. The van der Waals surface area contributed by atoms with Gasteiger partial charge in [-0.3, -0.25) is 4.79 Å². The monoisotopic (exact) mass is 279 g/mol. The van der Waals surface area contributed by atoms with E-state index in [9.17, 15) is 4.79 Å². The molecule has 3 N–H and O–H groups in total. The molecule has 1 aliphatic rings. The van der Waals surface area contributed by atoms with Gasteiger partial charge in [0.25, 0.3) is 0 Å². The molecule has 0 atom stereocenters. The first-order valence-corrected chi connectivity index (χ1v) is 7.63. The standard InChI is InChI=1S/C14H21N3OS/c1-11-3-4-13(12(15)9-11)19-10-14(18)17-7-2-5-16-6-8-17/h3-4,9,16H,2,5-8,10,15H2,1H3. The predicted octanol–water partition coefficient (Wildman–Crippen LogP) is 1.49. The molecule has 1 aromatic carbocycles. The lowest BCUT2D eigenvalue weighted by Crippen LogP contribution is -2.35. The molecule has 1 aromatic rings. The van der Waals surface area contributed by atoms with Crippen LogP contribution < -0.4 is 11.1 Å². The van der Waals surface area contributed by atoms with Crippen molar-refractivity contribution < 1.29 is 4.79 Å². The summed E-state index contributed by atoms with van der Waals surface area (Å²) in [5.74, 6) is 0.668. The van der Waals surface area contributed by atoms with E-state index >= 15 is 0 Å². The van der Waals surface area contributed by atoms with Crippen molar-refractivity contribution in [1.82, 2.24) is 10.2 Å². The highest BCUT2D eigenvalue weighted by Crippen LogP contribution is 2.26. The van der Waals surface area contributed by atoms with Crippen molar-refractivity contribution in [1.29, 1.82) is 0 Å². The molecular weight excluding hydrogens is 258 g/mol. The van der Waals surface area contributed by atoms with Crippen LogP contribution in [0.25, 0.3) is 0 Å². The molecule has 1 fully saturated rings. The van der Waals surface area contributed by atoms with Crippen molar-refractivity contribution in [2.24, 2.45) is 0 Å². The van der Waals surface area contributed by atoms with E-state index in [0.717, 1.165) is 48.7 Å². The lowest BCUT2D eigenvalue weighted by molar-refractivity contribution is -0.128. The number of nitrogens with one attached hydrogen (secondary N) is 1. The van der Waals surface area contributed by atoms with Crippen LogP contribution in [0.2, 0.25) is 0 Å². The molecule has 0 aliphatic carbocycles. The summed E-state index contributed by atoms with van der Waals surface area (Å²) >= 11 is 1.53. The molecule has 4 nitrogen and oxygen atoms in total. The van der Waals surface area contributed by atoms with Crippen molar-refractivity contribution in [2.75, 3.05) is 37.7 Å². The first-order valence-electron chi connectivity index (χ1n) is 6.64. The summed E-state index contributed by atoms with van der Waals surface area (Å²) in [6.45, 7) is 5.57. The van der Waals surface area contributed by atoms with Gasteiger partial charge in [-0.05, 0) is 37.6 Å². The Labute approximate surface area is 118 Å². The van der Waals surface area contributed by atoms with E-state index < -0.39 is 0 Å². The van der Waals surface area contributed by atoms with E-state index in [4.69, 9.17) is 5.73 Å². The van der Waals surface area contributed by atoms with Gasteiger partial charge in [-0.15, -0.1) is 11.8 Å². The third kappa shape index (κ3) is 4.14.